The van der Waals surface area contributed by atoms with Crippen LogP contribution in [0.15, 0.2) is 48.5 Å². The van der Waals surface area contributed by atoms with E-state index in [0.29, 0.717) is 0 Å². The van der Waals surface area contributed by atoms with Gasteiger partial charge in [-0.3, -0.25) is 0 Å². The van der Waals surface area contributed by atoms with Crippen molar-refractivity contribution < 1.29 is 13.9 Å². The maximum absolute atomic E-state index is 13.8. The zero-order valence-corrected chi connectivity index (χ0v) is 12.3. The van der Waals surface area contributed by atoms with Crippen molar-refractivity contribution in [1.82, 2.24) is 0 Å². The van der Waals surface area contributed by atoms with E-state index in [0.717, 1.165) is 17.7 Å². The third-order valence-corrected chi connectivity index (χ3v) is 3.37. The van der Waals surface area contributed by atoms with Gasteiger partial charge in [-0.15, -0.1) is 0 Å². The molecule has 2 rings (SSSR count). The van der Waals surface area contributed by atoms with E-state index in [2.05, 4.69) is 0 Å². The lowest BCUT2D eigenvalue weighted by Gasteiger charge is -2.25. The average molecular weight is 289 g/mol. The van der Waals surface area contributed by atoms with Crippen LogP contribution in [0.3, 0.4) is 0 Å². The van der Waals surface area contributed by atoms with Crippen LogP contribution in [0.1, 0.15) is 25.0 Å². The third kappa shape index (κ3) is 3.73. The Morgan fingerprint density at radius 3 is 2.57 bits per heavy atom. The molecule has 0 saturated heterocycles. The molecule has 2 atom stereocenters. The van der Waals surface area contributed by atoms with E-state index in [1.807, 2.05) is 31.2 Å². The Kier molecular flexibility index (Phi) is 5.17. The molecular formula is C17H20FNO2. The van der Waals surface area contributed by atoms with Gasteiger partial charge in [0.2, 0.25) is 0 Å². The number of halogens is 1. The molecule has 3 nitrogen and oxygen atoms in total. The molecule has 0 bridgehead atoms. The molecule has 0 saturated carbocycles. The molecule has 2 aromatic rings. The minimum Gasteiger partial charge on any atom is -0.497 e. The van der Waals surface area contributed by atoms with Crippen LogP contribution in [0.4, 0.5) is 4.39 Å². The highest BCUT2D eigenvalue weighted by Crippen LogP contribution is 2.29. The SMILES string of the molecule is CCC(N)C(Oc1ccccc1F)c1cccc(OC)c1. The van der Waals surface area contributed by atoms with E-state index >= 15 is 0 Å². The van der Waals surface area contributed by atoms with Gasteiger partial charge in [0.15, 0.2) is 11.6 Å². The van der Waals surface area contributed by atoms with Gasteiger partial charge in [0.1, 0.15) is 11.9 Å². The van der Waals surface area contributed by atoms with Crippen molar-refractivity contribution in [3.8, 4) is 11.5 Å². The van der Waals surface area contributed by atoms with Gasteiger partial charge in [0.25, 0.3) is 0 Å². The molecule has 0 aliphatic rings. The van der Waals surface area contributed by atoms with Crippen LogP contribution in [-0.2, 0) is 0 Å². The molecule has 112 valence electrons. The van der Waals surface area contributed by atoms with Crippen LogP contribution < -0.4 is 15.2 Å². The Bertz CT molecular complexity index is 589. The summed E-state index contributed by atoms with van der Waals surface area (Å²) in [5.41, 5.74) is 7.02. The zero-order valence-electron chi connectivity index (χ0n) is 12.3. The fourth-order valence-corrected chi connectivity index (χ4v) is 2.11. The van der Waals surface area contributed by atoms with Gasteiger partial charge in [-0.05, 0) is 36.2 Å². The Labute approximate surface area is 124 Å². The standard InChI is InChI=1S/C17H20FNO2/c1-3-15(19)17(12-7-6-8-13(11-12)20-2)21-16-10-5-4-9-14(16)18/h4-11,15,17H,3,19H2,1-2H3. The molecule has 2 aromatic carbocycles. The van der Waals surface area contributed by atoms with Crippen LogP contribution in [0.5, 0.6) is 11.5 Å². The minimum atomic E-state index is -0.429. The van der Waals surface area contributed by atoms with Gasteiger partial charge < -0.3 is 15.2 Å². The van der Waals surface area contributed by atoms with Crippen LogP contribution in [-0.4, -0.2) is 13.2 Å². The molecule has 0 aliphatic carbocycles. The van der Waals surface area contributed by atoms with Gasteiger partial charge in [-0.2, -0.15) is 0 Å². The second-order valence-corrected chi connectivity index (χ2v) is 4.82. The molecule has 0 radical (unpaired) electrons. The van der Waals surface area contributed by atoms with Crippen molar-refractivity contribution in [2.45, 2.75) is 25.5 Å². The highest BCUT2D eigenvalue weighted by atomic mass is 19.1. The topological polar surface area (TPSA) is 44.5 Å². The van der Waals surface area contributed by atoms with Gasteiger partial charge >= 0.3 is 0 Å². The van der Waals surface area contributed by atoms with Gasteiger partial charge in [0, 0.05) is 6.04 Å². The smallest absolute Gasteiger partial charge is 0.165 e. The number of benzene rings is 2. The lowest BCUT2D eigenvalue weighted by Crippen LogP contribution is -2.31. The van der Waals surface area contributed by atoms with Crippen molar-refractivity contribution in [2.24, 2.45) is 5.73 Å². The van der Waals surface area contributed by atoms with E-state index in [4.69, 9.17) is 15.2 Å². The van der Waals surface area contributed by atoms with E-state index in [-0.39, 0.29) is 11.8 Å². The molecule has 0 spiro atoms. The second-order valence-electron chi connectivity index (χ2n) is 4.82. The lowest BCUT2D eigenvalue weighted by atomic mass is 10.0. The van der Waals surface area contributed by atoms with Crippen molar-refractivity contribution in [3.05, 3.63) is 59.9 Å². The molecule has 2 unspecified atom stereocenters. The normalized spacial score (nSPS) is 13.5. The number of methoxy groups -OCH3 is 1. The molecule has 0 heterocycles. The maximum Gasteiger partial charge on any atom is 0.165 e. The first-order valence-corrected chi connectivity index (χ1v) is 6.96. The number of para-hydroxylation sites is 1. The van der Waals surface area contributed by atoms with Gasteiger partial charge in [0.05, 0.1) is 7.11 Å². The third-order valence-electron chi connectivity index (χ3n) is 3.37. The van der Waals surface area contributed by atoms with Crippen LogP contribution in [0.2, 0.25) is 0 Å². The maximum atomic E-state index is 13.8. The van der Waals surface area contributed by atoms with Gasteiger partial charge in [-0.25, -0.2) is 4.39 Å². The lowest BCUT2D eigenvalue weighted by molar-refractivity contribution is 0.163. The fraction of sp³-hybridized carbons (Fsp3) is 0.294. The molecule has 0 amide bonds. The first kappa shape index (κ1) is 15.3. The summed E-state index contributed by atoms with van der Waals surface area (Å²) in [6.07, 6.45) is 0.290. The summed E-state index contributed by atoms with van der Waals surface area (Å²) >= 11 is 0. The molecule has 4 heteroatoms. The van der Waals surface area contributed by atoms with Crippen molar-refractivity contribution in [2.75, 3.05) is 7.11 Å². The predicted molar refractivity (Wildman–Crippen MR) is 81.0 cm³/mol. The summed E-state index contributed by atoms with van der Waals surface area (Å²) in [6.45, 7) is 1.97. The first-order chi connectivity index (χ1) is 10.2. The molecule has 0 fully saturated rings. The highest BCUT2D eigenvalue weighted by Gasteiger charge is 2.22. The Balaban J connectivity index is 2.32. The minimum absolute atomic E-state index is 0.203. The molecule has 0 aliphatic heterocycles. The van der Waals surface area contributed by atoms with Crippen molar-refractivity contribution in [3.63, 3.8) is 0 Å². The largest absolute Gasteiger partial charge is 0.497 e. The van der Waals surface area contributed by atoms with E-state index in [9.17, 15) is 4.39 Å². The quantitative estimate of drug-likeness (QED) is 0.882. The predicted octanol–water partition coefficient (Wildman–Crippen LogP) is 3.69. The molecule has 21 heavy (non-hydrogen) atoms. The fourth-order valence-electron chi connectivity index (χ4n) is 2.11. The second kappa shape index (κ2) is 7.09. The summed E-state index contributed by atoms with van der Waals surface area (Å²) in [5.74, 6) is 0.529. The number of hydrogen-bond acceptors (Lipinski definition) is 3. The number of hydrogen-bond donors (Lipinski definition) is 1. The van der Waals surface area contributed by atoms with Crippen LogP contribution in [0.25, 0.3) is 0 Å². The summed E-state index contributed by atoms with van der Waals surface area (Å²) in [5, 5.41) is 0. The summed E-state index contributed by atoms with van der Waals surface area (Å²) < 4.78 is 24.8. The summed E-state index contributed by atoms with van der Waals surface area (Å²) in [4.78, 5) is 0. The Morgan fingerprint density at radius 2 is 1.90 bits per heavy atom. The number of rotatable bonds is 6. The Morgan fingerprint density at radius 1 is 1.14 bits per heavy atom. The monoisotopic (exact) mass is 289 g/mol. The number of nitrogens with two attached hydrogens (primary N) is 1. The summed E-state index contributed by atoms with van der Waals surface area (Å²) in [7, 11) is 1.60. The molecular weight excluding hydrogens is 269 g/mol. The highest BCUT2D eigenvalue weighted by molar-refractivity contribution is 5.32. The van der Waals surface area contributed by atoms with Crippen LogP contribution >= 0.6 is 0 Å². The van der Waals surface area contributed by atoms with E-state index in [1.165, 1.54) is 6.07 Å². The average Bonchev–Trinajstić information content (AvgIpc) is 2.53. The van der Waals surface area contributed by atoms with Crippen LogP contribution in [0, 0.1) is 5.82 Å². The van der Waals surface area contributed by atoms with Crippen molar-refractivity contribution >= 4 is 0 Å². The first-order valence-electron chi connectivity index (χ1n) is 6.96. The number of ether oxygens (including phenoxy) is 2. The molecule has 2 N–H and O–H groups in total. The van der Waals surface area contributed by atoms with Gasteiger partial charge in [-0.1, -0.05) is 31.2 Å². The van der Waals surface area contributed by atoms with Crippen molar-refractivity contribution in [1.29, 1.82) is 0 Å². The zero-order chi connectivity index (χ0) is 15.2. The van der Waals surface area contributed by atoms with E-state index < -0.39 is 11.9 Å². The molecule has 0 aromatic heterocycles. The Hall–Kier alpha value is -2.07. The summed E-state index contributed by atoms with van der Waals surface area (Å²) in [6, 6.07) is 13.6. The van der Waals surface area contributed by atoms with E-state index in [1.54, 1.807) is 25.3 Å².